The number of nitrogens with zero attached hydrogens (tertiary/aromatic N) is 2. The van der Waals surface area contributed by atoms with Crippen LogP contribution in [0.15, 0.2) is 0 Å². The van der Waals surface area contributed by atoms with Gasteiger partial charge in [0.1, 0.15) is 5.82 Å². The summed E-state index contributed by atoms with van der Waals surface area (Å²) in [6.07, 6.45) is 1.62. The molecule has 0 aliphatic carbocycles. The highest BCUT2D eigenvalue weighted by Gasteiger charge is 2.15. The van der Waals surface area contributed by atoms with Gasteiger partial charge in [0.05, 0.1) is 0 Å². The lowest BCUT2D eigenvalue weighted by atomic mass is 10.0. The third kappa shape index (κ3) is 4.10. The Morgan fingerprint density at radius 1 is 1.50 bits per heavy atom. The summed E-state index contributed by atoms with van der Waals surface area (Å²) in [5, 5.41) is 18.3. The average Bonchev–Trinajstić information content (AvgIpc) is 2.83. The topological polar surface area (TPSA) is 90.9 Å². The number of aliphatic hydroxyl groups is 1. The Hall–Kier alpha value is -1.43. The van der Waals surface area contributed by atoms with E-state index >= 15 is 0 Å². The van der Waals surface area contributed by atoms with E-state index in [0.717, 1.165) is 6.42 Å². The molecule has 0 radical (unpaired) electrons. The second-order valence-corrected chi connectivity index (χ2v) is 4.70. The molecule has 0 saturated carbocycles. The van der Waals surface area contributed by atoms with E-state index in [4.69, 9.17) is 5.11 Å². The molecule has 0 fully saturated rings. The van der Waals surface area contributed by atoms with Gasteiger partial charge in [-0.25, -0.2) is 4.98 Å². The van der Waals surface area contributed by atoms with Crippen molar-refractivity contribution in [1.29, 1.82) is 0 Å². The van der Waals surface area contributed by atoms with Gasteiger partial charge in [0.25, 0.3) is 5.91 Å². The predicted molar refractivity (Wildman–Crippen MR) is 68.3 cm³/mol. The van der Waals surface area contributed by atoms with Gasteiger partial charge in [-0.15, -0.1) is 5.10 Å². The van der Waals surface area contributed by atoms with Crippen LogP contribution in [0.25, 0.3) is 0 Å². The van der Waals surface area contributed by atoms with E-state index in [1.54, 1.807) is 0 Å². The molecule has 1 atom stereocenters. The first-order valence-electron chi connectivity index (χ1n) is 6.39. The Balaban J connectivity index is 2.49. The van der Waals surface area contributed by atoms with Crippen LogP contribution in [0.2, 0.25) is 0 Å². The molecule has 3 N–H and O–H groups in total. The quantitative estimate of drug-likeness (QED) is 0.678. The van der Waals surface area contributed by atoms with Crippen LogP contribution < -0.4 is 5.32 Å². The van der Waals surface area contributed by atoms with Gasteiger partial charge < -0.3 is 10.4 Å². The Bertz CT molecular complexity index is 376. The molecule has 0 aromatic carbocycles. The van der Waals surface area contributed by atoms with E-state index in [2.05, 4.69) is 20.5 Å². The van der Waals surface area contributed by atoms with Gasteiger partial charge in [0.2, 0.25) is 5.82 Å². The third-order valence-electron chi connectivity index (χ3n) is 2.92. The predicted octanol–water partition coefficient (Wildman–Crippen LogP) is 1.07. The molecule has 0 aliphatic rings. The minimum absolute atomic E-state index is 0.145. The Kier molecular flexibility index (Phi) is 5.77. The average molecular weight is 254 g/mol. The normalized spacial score (nSPS) is 12.7. The van der Waals surface area contributed by atoms with Gasteiger partial charge in [0.15, 0.2) is 0 Å². The van der Waals surface area contributed by atoms with E-state index in [0.29, 0.717) is 24.7 Å². The summed E-state index contributed by atoms with van der Waals surface area (Å²) in [4.78, 5) is 15.9. The van der Waals surface area contributed by atoms with Gasteiger partial charge >= 0.3 is 0 Å². The standard InChI is InChI=1S/C12H22N4O2/c1-4-9(5-6-17)7-13-12(18)11-14-10(8(2)3)15-16-11/h8-9,17H,4-7H2,1-3H3,(H,13,18)(H,14,15,16). The van der Waals surface area contributed by atoms with Crippen molar-refractivity contribution < 1.29 is 9.90 Å². The SMILES string of the molecule is CCC(CCO)CNC(=O)c1n[nH]c(C(C)C)n1. The molecule has 0 spiro atoms. The van der Waals surface area contributed by atoms with Gasteiger partial charge in [-0.05, 0) is 12.3 Å². The van der Waals surface area contributed by atoms with Gasteiger partial charge in [-0.3, -0.25) is 9.89 Å². The molecule has 6 heteroatoms. The van der Waals surface area contributed by atoms with Crippen molar-refractivity contribution in [3.05, 3.63) is 11.6 Å². The summed E-state index contributed by atoms with van der Waals surface area (Å²) in [5.74, 6) is 1.13. The molecule has 1 aromatic rings. The zero-order chi connectivity index (χ0) is 13.5. The fourth-order valence-electron chi connectivity index (χ4n) is 1.58. The van der Waals surface area contributed by atoms with E-state index < -0.39 is 0 Å². The molecule has 102 valence electrons. The smallest absolute Gasteiger partial charge is 0.290 e. The fourth-order valence-corrected chi connectivity index (χ4v) is 1.58. The fraction of sp³-hybridized carbons (Fsp3) is 0.750. The number of amides is 1. The maximum atomic E-state index is 11.8. The van der Waals surface area contributed by atoms with Crippen molar-refractivity contribution in [1.82, 2.24) is 20.5 Å². The first-order chi connectivity index (χ1) is 8.58. The maximum Gasteiger partial charge on any atom is 0.290 e. The van der Waals surface area contributed by atoms with Crippen LogP contribution in [0.1, 0.15) is 56.0 Å². The molecule has 1 aromatic heterocycles. The minimum atomic E-state index is -0.269. The first-order valence-corrected chi connectivity index (χ1v) is 6.39. The van der Waals surface area contributed by atoms with Crippen LogP contribution in [0.4, 0.5) is 0 Å². The molecule has 0 aliphatic heterocycles. The molecule has 1 rings (SSSR count). The van der Waals surface area contributed by atoms with Crippen LogP contribution in [0.3, 0.4) is 0 Å². The molecule has 18 heavy (non-hydrogen) atoms. The number of H-pyrrole nitrogens is 1. The van der Waals surface area contributed by atoms with Crippen LogP contribution in [-0.2, 0) is 0 Å². The summed E-state index contributed by atoms with van der Waals surface area (Å²) < 4.78 is 0. The van der Waals surface area contributed by atoms with E-state index in [9.17, 15) is 4.79 Å². The molecular weight excluding hydrogens is 232 g/mol. The highest BCUT2D eigenvalue weighted by Crippen LogP contribution is 2.08. The van der Waals surface area contributed by atoms with Gasteiger partial charge in [-0.1, -0.05) is 27.2 Å². The van der Waals surface area contributed by atoms with E-state index in [1.807, 2.05) is 20.8 Å². The molecule has 1 heterocycles. The largest absolute Gasteiger partial charge is 0.396 e. The van der Waals surface area contributed by atoms with Crippen molar-refractivity contribution in [2.45, 2.75) is 39.5 Å². The summed E-state index contributed by atoms with van der Waals surface area (Å²) in [6.45, 7) is 6.69. The number of hydrogen-bond donors (Lipinski definition) is 3. The van der Waals surface area contributed by atoms with Gasteiger partial charge in [-0.2, -0.15) is 0 Å². The minimum Gasteiger partial charge on any atom is -0.396 e. The summed E-state index contributed by atoms with van der Waals surface area (Å²) >= 11 is 0. The summed E-state index contributed by atoms with van der Waals surface area (Å²) in [7, 11) is 0. The number of nitrogens with one attached hydrogen (secondary N) is 2. The van der Waals surface area contributed by atoms with Crippen LogP contribution in [-0.4, -0.2) is 39.3 Å². The van der Waals surface area contributed by atoms with E-state index in [-0.39, 0.29) is 24.3 Å². The van der Waals surface area contributed by atoms with Crippen molar-refractivity contribution in [3.63, 3.8) is 0 Å². The monoisotopic (exact) mass is 254 g/mol. The summed E-state index contributed by atoms with van der Waals surface area (Å²) in [5.41, 5.74) is 0. The Morgan fingerprint density at radius 2 is 2.22 bits per heavy atom. The molecule has 1 amide bonds. The highest BCUT2D eigenvalue weighted by molar-refractivity contribution is 5.90. The van der Waals surface area contributed by atoms with Crippen LogP contribution >= 0.6 is 0 Å². The lowest BCUT2D eigenvalue weighted by molar-refractivity contribution is 0.0933. The van der Waals surface area contributed by atoms with Crippen molar-refractivity contribution in [2.75, 3.05) is 13.2 Å². The maximum absolute atomic E-state index is 11.8. The zero-order valence-electron chi connectivity index (χ0n) is 11.2. The lowest BCUT2D eigenvalue weighted by Gasteiger charge is -2.13. The first kappa shape index (κ1) is 14.6. The third-order valence-corrected chi connectivity index (χ3v) is 2.92. The second kappa shape index (κ2) is 7.10. The molecular formula is C12H22N4O2. The number of carbonyl (C=O) groups excluding carboxylic acids is 1. The number of hydrogen-bond acceptors (Lipinski definition) is 4. The van der Waals surface area contributed by atoms with Gasteiger partial charge in [0, 0.05) is 19.1 Å². The Morgan fingerprint density at radius 3 is 2.72 bits per heavy atom. The van der Waals surface area contributed by atoms with Crippen LogP contribution in [0.5, 0.6) is 0 Å². The Labute approximate surface area is 107 Å². The molecule has 0 bridgehead atoms. The lowest BCUT2D eigenvalue weighted by Crippen LogP contribution is -2.30. The summed E-state index contributed by atoms with van der Waals surface area (Å²) in [6, 6.07) is 0. The number of rotatable bonds is 7. The highest BCUT2D eigenvalue weighted by atomic mass is 16.3. The van der Waals surface area contributed by atoms with Crippen molar-refractivity contribution >= 4 is 5.91 Å². The molecule has 6 nitrogen and oxygen atoms in total. The van der Waals surface area contributed by atoms with E-state index in [1.165, 1.54) is 0 Å². The molecule has 0 saturated heterocycles. The van der Waals surface area contributed by atoms with Crippen molar-refractivity contribution in [2.24, 2.45) is 5.92 Å². The second-order valence-electron chi connectivity index (χ2n) is 4.70. The van der Waals surface area contributed by atoms with Crippen LogP contribution in [0, 0.1) is 5.92 Å². The number of aliphatic hydroxyl groups excluding tert-OH is 1. The number of carbonyl (C=O) groups is 1. The molecule has 1 unspecified atom stereocenters. The number of aromatic nitrogens is 3. The number of aromatic amines is 1. The zero-order valence-corrected chi connectivity index (χ0v) is 11.2. The van der Waals surface area contributed by atoms with Crippen molar-refractivity contribution in [3.8, 4) is 0 Å².